The highest BCUT2D eigenvalue weighted by molar-refractivity contribution is 5.78. The number of ether oxygens (including phenoxy) is 1. The number of carbonyl (C=O) groups excluding carboxylic acids is 1. The molecule has 0 aliphatic heterocycles. The maximum absolute atomic E-state index is 11.1. The van der Waals surface area contributed by atoms with Gasteiger partial charge >= 0.3 is 5.97 Å². The van der Waals surface area contributed by atoms with Crippen molar-refractivity contribution in [2.75, 3.05) is 12.4 Å². The Morgan fingerprint density at radius 3 is 2.60 bits per heavy atom. The molecule has 5 nitrogen and oxygen atoms in total. The Morgan fingerprint density at radius 1 is 1.40 bits per heavy atom. The summed E-state index contributed by atoms with van der Waals surface area (Å²) < 4.78 is 4.52. The van der Waals surface area contributed by atoms with Crippen LogP contribution in [0.3, 0.4) is 0 Å². The number of anilines is 1. The highest BCUT2D eigenvalue weighted by Gasteiger charge is 2.12. The van der Waals surface area contributed by atoms with E-state index in [9.17, 15) is 9.90 Å². The molecule has 0 aliphatic rings. The van der Waals surface area contributed by atoms with E-state index in [1.165, 1.54) is 19.2 Å². The van der Waals surface area contributed by atoms with Gasteiger partial charge in [-0.1, -0.05) is 0 Å². The standard InChI is InChI=1S/C10H13NO4/c1-6(10(14)15-2)11-7-3-4-8(12)9(13)5-7/h3-6,11-13H,1-2H3/t6-/m0/s1. The van der Waals surface area contributed by atoms with E-state index in [2.05, 4.69) is 10.1 Å². The van der Waals surface area contributed by atoms with Crippen molar-refractivity contribution in [3.05, 3.63) is 18.2 Å². The third-order valence-electron chi connectivity index (χ3n) is 1.91. The van der Waals surface area contributed by atoms with Crippen molar-refractivity contribution in [1.82, 2.24) is 0 Å². The number of benzene rings is 1. The van der Waals surface area contributed by atoms with Crippen LogP contribution in [0.1, 0.15) is 6.92 Å². The topological polar surface area (TPSA) is 78.8 Å². The van der Waals surface area contributed by atoms with Crippen molar-refractivity contribution in [3.63, 3.8) is 0 Å². The summed E-state index contributed by atoms with van der Waals surface area (Å²) in [4.78, 5) is 11.1. The Bertz CT molecular complexity index is 364. The van der Waals surface area contributed by atoms with Crippen LogP contribution in [0, 0.1) is 0 Å². The minimum Gasteiger partial charge on any atom is -0.504 e. The number of rotatable bonds is 3. The summed E-state index contributed by atoms with van der Waals surface area (Å²) in [7, 11) is 1.30. The molecule has 15 heavy (non-hydrogen) atoms. The molecule has 0 spiro atoms. The molecule has 0 saturated heterocycles. The first-order valence-corrected chi connectivity index (χ1v) is 4.41. The van der Waals surface area contributed by atoms with Crippen molar-refractivity contribution in [2.45, 2.75) is 13.0 Å². The SMILES string of the molecule is COC(=O)[C@H](C)Nc1ccc(O)c(O)c1. The van der Waals surface area contributed by atoms with E-state index in [4.69, 9.17) is 5.11 Å². The maximum Gasteiger partial charge on any atom is 0.327 e. The minimum absolute atomic E-state index is 0.203. The predicted octanol–water partition coefficient (Wildman–Crippen LogP) is 1.07. The van der Waals surface area contributed by atoms with Crippen LogP contribution in [0.25, 0.3) is 0 Å². The lowest BCUT2D eigenvalue weighted by molar-refractivity contribution is -0.141. The Morgan fingerprint density at radius 2 is 2.07 bits per heavy atom. The molecule has 0 radical (unpaired) electrons. The molecule has 1 atom stereocenters. The van der Waals surface area contributed by atoms with Gasteiger partial charge in [0, 0.05) is 11.8 Å². The van der Waals surface area contributed by atoms with Crippen LogP contribution in [-0.2, 0) is 9.53 Å². The molecule has 0 aromatic heterocycles. The molecule has 0 unspecified atom stereocenters. The summed E-state index contributed by atoms with van der Waals surface area (Å²) in [6, 6.07) is 3.70. The van der Waals surface area contributed by atoms with Crippen LogP contribution in [-0.4, -0.2) is 29.3 Å². The molecular weight excluding hydrogens is 198 g/mol. The van der Waals surface area contributed by atoms with Crippen molar-refractivity contribution in [2.24, 2.45) is 0 Å². The van der Waals surface area contributed by atoms with Gasteiger partial charge in [0.25, 0.3) is 0 Å². The lowest BCUT2D eigenvalue weighted by Crippen LogP contribution is -2.27. The van der Waals surface area contributed by atoms with Gasteiger partial charge in [-0.15, -0.1) is 0 Å². The molecule has 0 fully saturated rings. The van der Waals surface area contributed by atoms with E-state index < -0.39 is 12.0 Å². The van der Waals surface area contributed by atoms with Gasteiger partial charge in [-0.05, 0) is 19.1 Å². The highest BCUT2D eigenvalue weighted by Crippen LogP contribution is 2.27. The van der Waals surface area contributed by atoms with E-state index in [1.807, 2.05) is 0 Å². The number of phenolic OH excluding ortho intramolecular Hbond substituents is 2. The van der Waals surface area contributed by atoms with Crippen molar-refractivity contribution in [3.8, 4) is 11.5 Å². The predicted molar refractivity (Wildman–Crippen MR) is 54.9 cm³/mol. The second-order valence-corrected chi connectivity index (χ2v) is 3.09. The summed E-state index contributed by atoms with van der Waals surface area (Å²) >= 11 is 0. The van der Waals surface area contributed by atoms with Crippen molar-refractivity contribution >= 4 is 11.7 Å². The number of aromatic hydroxyl groups is 2. The minimum atomic E-state index is -0.515. The molecule has 0 bridgehead atoms. The highest BCUT2D eigenvalue weighted by atomic mass is 16.5. The van der Waals surface area contributed by atoms with Gasteiger partial charge < -0.3 is 20.3 Å². The second kappa shape index (κ2) is 4.54. The molecule has 1 aromatic carbocycles. The van der Waals surface area contributed by atoms with Gasteiger partial charge in [-0.3, -0.25) is 0 Å². The summed E-state index contributed by atoms with van der Waals surface area (Å²) in [5.41, 5.74) is 0.531. The Kier molecular flexibility index (Phi) is 3.38. The van der Waals surface area contributed by atoms with Gasteiger partial charge in [0.15, 0.2) is 11.5 Å². The first-order valence-electron chi connectivity index (χ1n) is 4.41. The average molecular weight is 211 g/mol. The van der Waals surface area contributed by atoms with Crippen LogP contribution < -0.4 is 5.32 Å². The van der Waals surface area contributed by atoms with Crippen LogP contribution in [0.2, 0.25) is 0 Å². The molecule has 0 amide bonds. The third kappa shape index (κ3) is 2.77. The van der Waals surface area contributed by atoms with Crippen LogP contribution in [0.4, 0.5) is 5.69 Å². The Balaban J connectivity index is 2.73. The zero-order valence-electron chi connectivity index (χ0n) is 8.52. The molecule has 0 heterocycles. The molecule has 3 N–H and O–H groups in total. The first-order chi connectivity index (χ1) is 7.04. The first kappa shape index (κ1) is 11.2. The smallest absolute Gasteiger partial charge is 0.327 e. The third-order valence-corrected chi connectivity index (χ3v) is 1.91. The zero-order chi connectivity index (χ0) is 11.4. The van der Waals surface area contributed by atoms with E-state index in [1.54, 1.807) is 13.0 Å². The normalized spacial score (nSPS) is 11.9. The molecule has 5 heteroatoms. The van der Waals surface area contributed by atoms with Crippen molar-refractivity contribution in [1.29, 1.82) is 0 Å². The summed E-state index contributed by atoms with van der Waals surface area (Å²) in [6.45, 7) is 1.63. The monoisotopic (exact) mass is 211 g/mol. The Labute approximate surface area is 87.3 Å². The largest absolute Gasteiger partial charge is 0.504 e. The zero-order valence-corrected chi connectivity index (χ0v) is 8.52. The van der Waals surface area contributed by atoms with Crippen molar-refractivity contribution < 1.29 is 19.7 Å². The maximum atomic E-state index is 11.1. The van der Waals surface area contributed by atoms with Gasteiger partial charge in [0.1, 0.15) is 6.04 Å². The number of hydrogen-bond acceptors (Lipinski definition) is 5. The molecule has 1 aromatic rings. The molecule has 0 saturated carbocycles. The lowest BCUT2D eigenvalue weighted by Gasteiger charge is -2.13. The van der Waals surface area contributed by atoms with E-state index in [0.29, 0.717) is 5.69 Å². The van der Waals surface area contributed by atoms with E-state index >= 15 is 0 Å². The summed E-state index contributed by atoms with van der Waals surface area (Å²) in [6.07, 6.45) is 0. The average Bonchev–Trinajstić information content (AvgIpc) is 2.22. The number of hydrogen-bond donors (Lipinski definition) is 3. The molecule has 1 rings (SSSR count). The second-order valence-electron chi connectivity index (χ2n) is 3.09. The van der Waals surface area contributed by atoms with E-state index in [0.717, 1.165) is 0 Å². The number of methoxy groups -OCH3 is 1. The quantitative estimate of drug-likeness (QED) is 0.396. The van der Waals surface area contributed by atoms with Gasteiger partial charge in [-0.25, -0.2) is 4.79 Å². The fourth-order valence-corrected chi connectivity index (χ4v) is 1.10. The fraction of sp³-hybridized carbons (Fsp3) is 0.300. The molecule has 0 aliphatic carbocycles. The van der Waals surface area contributed by atoms with Gasteiger partial charge in [0.05, 0.1) is 7.11 Å². The van der Waals surface area contributed by atoms with Gasteiger partial charge in [-0.2, -0.15) is 0 Å². The van der Waals surface area contributed by atoms with Crippen LogP contribution in [0.5, 0.6) is 11.5 Å². The number of nitrogens with one attached hydrogen (secondary N) is 1. The number of esters is 1. The number of carbonyl (C=O) groups is 1. The summed E-state index contributed by atoms with van der Waals surface area (Å²) in [5, 5.41) is 21.1. The summed E-state index contributed by atoms with van der Waals surface area (Å²) in [5.74, 6) is -0.842. The van der Waals surface area contributed by atoms with Gasteiger partial charge in [0.2, 0.25) is 0 Å². The van der Waals surface area contributed by atoms with Crippen LogP contribution >= 0.6 is 0 Å². The van der Waals surface area contributed by atoms with Crippen LogP contribution in [0.15, 0.2) is 18.2 Å². The molecular formula is C10H13NO4. The fourth-order valence-electron chi connectivity index (χ4n) is 1.10. The molecule has 82 valence electrons. The lowest BCUT2D eigenvalue weighted by atomic mass is 10.2. The van der Waals surface area contributed by atoms with E-state index in [-0.39, 0.29) is 11.5 Å². The number of phenols is 2. The Hall–Kier alpha value is -1.91.